The fraction of sp³-hybridized carbons (Fsp3) is 0. The van der Waals surface area contributed by atoms with E-state index in [1.807, 2.05) is 0 Å². The molecule has 1 aliphatic rings. The molecule has 0 unspecified atom stereocenters. The van der Waals surface area contributed by atoms with Crippen molar-refractivity contribution >= 4 is 35.4 Å². The molecule has 0 saturated heterocycles. The van der Waals surface area contributed by atoms with Crippen molar-refractivity contribution in [2.45, 2.75) is 0 Å². The molecule has 0 atom stereocenters. The van der Waals surface area contributed by atoms with Gasteiger partial charge in [0.25, 0.3) is 0 Å². The van der Waals surface area contributed by atoms with Crippen LogP contribution < -0.4 is 10.9 Å². The molecule has 8 nitrogen and oxygen atoms in total. The molecule has 1 heterocycles. The van der Waals surface area contributed by atoms with Crippen LogP contribution in [-0.4, -0.2) is 12.7 Å². The monoisotopic (exact) mass is 364 g/mol. The molecule has 132 valence electrons. The predicted octanol–water partition coefficient (Wildman–Crippen LogP) is 4.83. The molecule has 0 aliphatic carbocycles. The van der Waals surface area contributed by atoms with E-state index in [9.17, 15) is 17.6 Å². The zero-order valence-corrected chi connectivity index (χ0v) is 12.7. The number of azo groups is 2. The minimum atomic E-state index is -1.13. The first-order valence-corrected chi connectivity index (χ1v) is 6.89. The second-order valence-electron chi connectivity index (χ2n) is 4.71. The summed E-state index contributed by atoms with van der Waals surface area (Å²) >= 11 is 0. The summed E-state index contributed by atoms with van der Waals surface area (Å²) in [5.41, 5.74) is 4.67. The molecule has 2 aromatic carbocycles. The lowest BCUT2D eigenvalue weighted by Crippen LogP contribution is -1.94. The van der Waals surface area contributed by atoms with Gasteiger partial charge in [-0.1, -0.05) is 0 Å². The third-order valence-corrected chi connectivity index (χ3v) is 3.00. The summed E-state index contributed by atoms with van der Waals surface area (Å²) < 4.78 is 53.3. The van der Waals surface area contributed by atoms with E-state index >= 15 is 0 Å². The fourth-order valence-corrected chi connectivity index (χ4v) is 1.84. The Bertz CT molecular complexity index is 877. The van der Waals surface area contributed by atoms with Crippen molar-refractivity contribution in [1.82, 2.24) is 0 Å². The van der Waals surface area contributed by atoms with E-state index in [0.29, 0.717) is 0 Å². The summed E-state index contributed by atoms with van der Waals surface area (Å²) in [5.74, 6) is -4.50. The molecular weight excluding hydrogens is 356 g/mol. The molecule has 1 aliphatic heterocycles. The van der Waals surface area contributed by atoms with Gasteiger partial charge in [-0.25, -0.2) is 17.6 Å². The van der Waals surface area contributed by atoms with Crippen molar-refractivity contribution < 1.29 is 17.6 Å². The van der Waals surface area contributed by atoms with E-state index < -0.39 is 23.3 Å². The number of rotatable bonds is 0. The molecule has 0 aromatic heterocycles. The maximum absolute atomic E-state index is 13.3. The summed E-state index contributed by atoms with van der Waals surface area (Å²) in [6.45, 7) is 0. The van der Waals surface area contributed by atoms with E-state index in [0.717, 1.165) is 36.9 Å². The van der Waals surface area contributed by atoms with Crippen molar-refractivity contribution in [3.05, 3.63) is 47.5 Å². The van der Waals surface area contributed by atoms with Crippen LogP contribution >= 0.6 is 0 Å². The van der Waals surface area contributed by atoms with Gasteiger partial charge in [-0.15, -0.1) is 20.5 Å². The van der Waals surface area contributed by atoms with Crippen LogP contribution in [0.25, 0.3) is 0 Å². The van der Waals surface area contributed by atoms with Crippen LogP contribution in [0.15, 0.2) is 54.9 Å². The van der Waals surface area contributed by atoms with E-state index in [4.69, 9.17) is 0 Å². The number of halogens is 4. The number of nitrogens with one attached hydrogen (secondary N) is 2. The smallest absolute Gasteiger partial charge is 0.161 e. The van der Waals surface area contributed by atoms with E-state index in [2.05, 4.69) is 41.5 Å². The lowest BCUT2D eigenvalue weighted by molar-refractivity contribution is 0.509. The zero-order valence-electron chi connectivity index (χ0n) is 12.7. The number of fused-ring (bicyclic) bond motifs is 2. The third-order valence-electron chi connectivity index (χ3n) is 3.00. The predicted molar refractivity (Wildman–Crippen MR) is 86.0 cm³/mol. The highest BCUT2D eigenvalue weighted by atomic mass is 19.2. The second-order valence-corrected chi connectivity index (χ2v) is 4.71. The van der Waals surface area contributed by atoms with Crippen molar-refractivity contribution in [3.8, 4) is 0 Å². The van der Waals surface area contributed by atoms with Gasteiger partial charge in [-0.2, -0.15) is 10.2 Å². The van der Waals surface area contributed by atoms with Crippen LogP contribution in [0.5, 0.6) is 0 Å². The van der Waals surface area contributed by atoms with Crippen LogP contribution in [0.3, 0.4) is 0 Å². The minimum Gasteiger partial charge on any atom is -0.275 e. The highest BCUT2D eigenvalue weighted by molar-refractivity contribution is 5.70. The van der Waals surface area contributed by atoms with Gasteiger partial charge in [0.2, 0.25) is 0 Å². The fourth-order valence-electron chi connectivity index (χ4n) is 1.84. The Morgan fingerprint density at radius 2 is 0.962 bits per heavy atom. The van der Waals surface area contributed by atoms with Crippen LogP contribution in [0.4, 0.5) is 40.3 Å². The Morgan fingerprint density at radius 1 is 0.577 bits per heavy atom. The van der Waals surface area contributed by atoms with Gasteiger partial charge < -0.3 is 0 Å². The highest BCUT2D eigenvalue weighted by Gasteiger charge is 2.10. The van der Waals surface area contributed by atoms with Gasteiger partial charge in [0.15, 0.2) is 35.9 Å². The molecular formula is C14H8F4N8. The Labute approximate surface area is 143 Å². The lowest BCUT2D eigenvalue weighted by Gasteiger charge is -2.05. The summed E-state index contributed by atoms with van der Waals surface area (Å²) in [7, 11) is 0. The van der Waals surface area contributed by atoms with Crippen LogP contribution in [-0.2, 0) is 0 Å². The van der Waals surface area contributed by atoms with Gasteiger partial charge in [0, 0.05) is 24.3 Å². The van der Waals surface area contributed by atoms with Crippen LogP contribution in [0.1, 0.15) is 0 Å². The Kier molecular flexibility index (Phi) is 4.92. The van der Waals surface area contributed by atoms with Gasteiger partial charge >= 0.3 is 0 Å². The Hall–Kier alpha value is -3.70. The molecule has 0 spiro atoms. The van der Waals surface area contributed by atoms with Crippen molar-refractivity contribution in [3.63, 3.8) is 0 Å². The molecule has 0 bridgehead atoms. The van der Waals surface area contributed by atoms with Gasteiger partial charge in [0.05, 0.1) is 11.4 Å². The summed E-state index contributed by atoms with van der Waals surface area (Å²) in [4.78, 5) is 0. The summed E-state index contributed by atoms with van der Waals surface area (Å²) in [6, 6.07) is 3.26. The SMILES string of the molecule is Fc1cc2c(cc1F)N/N=C\N=Nc1cc(F)c(F)cc1N/N=C\N=N2. The van der Waals surface area contributed by atoms with Crippen molar-refractivity contribution in [1.29, 1.82) is 0 Å². The number of nitrogens with zero attached hydrogens (tertiary/aromatic N) is 6. The van der Waals surface area contributed by atoms with Gasteiger partial charge in [-0.05, 0) is 0 Å². The van der Waals surface area contributed by atoms with Crippen molar-refractivity contribution in [2.24, 2.45) is 30.7 Å². The number of hydrogen-bond donors (Lipinski definition) is 2. The number of benzene rings is 2. The Balaban J connectivity index is 1.98. The third kappa shape index (κ3) is 3.85. The molecule has 0 radical (unpaired) electrons. The molecule has 3 rings (SSSR count). The van der Waals surface area contributed by atoms with Crippen LogP contribution in [0.2, 0.25) is 0 Å². The standard InChI is InChI=1S/C14H8F4N8/c15-7-1-11-12(2-8(7)16)24-20-6-22-26-14-4-10(18)9(17)3-13(14)25-21-5-19-23-11/h1-6,23,26H/b19-5-,22-6-,24-20?,25-21?. The normalized spacial score (nSPS) is 15.8. The molecule has 26 heavy (non-hydrogen) atoms. The van der Waals surface area contributed by atoms with Crippen molar-refractivity contribution in [2.75, 3.05) is 10.9 Å². The average molecular weight is 364 g/mol. The van der Waals surface area contributed by atoms with Gasteiger partial charge in [0.1, 0.15) is 11.4 Å². The van der Waals surface area contributed by atoms with E-state index in [1.54, 1.807) is 0 Å². The summed E-state index contributed by atoms with van der Waals surface area (Å²) in [6.07, 6.45) is 1.84. The first kappa shape index (κ1) is 17.1. The van der Waals surface area contributed by atoms with Gasteiger partial charge in [-0.3, -0.25) is 10.9 Å². The first-order valence-electron chi connectivity index (χ1n) is 6.89. The zero-order chi connectivity index (χ0) is 18.5. The van der Waals surface area contributed by atoms with Crippen LogP contribution in [0, 0.1) is 23.3 Å². The maximum Gasteiger partial charge on any atom is 0.161 e. The minimum absolute atomic E-state index is 0.00559. The molecule has 0 saturated carbocycles. The highest BCUT2D eigenvalue weighted by Crippen LogP contribution is 2.29. The molecule has 0 amide bonds. The summed E-state index contributed by atoms with van der Waals surface area (Å²) in [5, 5.41) is 21.7. The second kappa shape index (κ2) is 7.46. The molecule has 2 N–H and O–H groups in total. The van der Waals surface area contributed by atoms with E-state index in [-0.39, 0.29) is 22.7 Å². The average Bonchev–Trinajstić information content (AvgIpc) is 2.61. The molecule has 2 aromatic rings. The number of anilines is 2. The van der Waals surface area contributed by atoms with E-state index in [1.165, 1.54) is 0 Å². The molecule has 0 fully saturated rings. The largest absolute Gasteiger partial charge is 0.275 e. The number of hydrogen-bond acceptors (Lipinski definition) is 8. The number of hydrazone groups is 2. The quantitative estimate of drug-likeness (QED) is 0.654. The lowest BCUT2D eigenvalue weighted by atomic mass is 10.2. The first-order chi connectivity index (χ1) is 12.5. The maximum atomic E-state index is 13.3. The molecule has 12 heteroatoms. The topological polar surface area (TPSA) is 98.2 Å². The Morgan fingerprint density at radius 3 is 1.38 bits per heavy atom.